The molecule has 0 unspecified atom stereocenters. The van der Waals surface area contributed by atoms with Crippen molar-refractivity contribution in [3.63, 3.8) is 0 Å². The van der Waals surface area contributed by atoms with E-state index in [1.807, 2.05) is 0 Å². The second-order valence-electron chi connectivity index (χ2n) is 5.62. The molecule has 0 saturated heterocycles. The van der Waals surface area contributed by atoms with Gasteiger partial charge in [0.1, 0.15) is 5.82 Å². The third-order valence-electron chi connectivity index (χ3n) is 3.74. The molecule has 2 rings (SSSR count). The van der Waals surface area contributed by atoms with Gasteiger partial charge in [-0.05, 0) is 43.4 Å². The van der Waals surface area contributed by atoms with Crippen LogP contribution in [0.15, 0.2) is 18.2 Å². The van der Waals surface area contributed by atoms with Crippen molar-refractivity contribution < 1.29 is 14.3 Å². The van der Waals surface area contributed by atoms with Crippen molar-refractivity contribution in [1.82, 2.24) is 10.2 Å². The standard InChI is InChI=1S/C15H20ClFN2O2/c1-9(12-6-5-11(17)7-13(12)16)18-15(21)19(2)8-14(20)10-3-4-10/h5-7,9-10,14,20H,3-4,8H2,1-2H3,(H,18,21)/t9-,14-/m1/s1. The number of likely N-dealkylation sites (N-methyl/N-ethyl adjacent to an activating group) is 1. The first kappa shape index (κ1) is 16.0. The summed E-state index contributed by atoms with van der Waals surface area (Å²) in [5, 5.41) is 12.9. The molecule has 1 aliphatic rings. The highest BCUT2D eigenvalue weighted by molar-refractivity contribution is 6.31. The summed E-state index contributed by atoms with van der Waals surface area (Å²) >= 11 is 5.98. The predicted molar refractivity (Wildman–Crippen MR) is 79.7 cm³/mol. The third kappa shape index (κ3) is 4.32. The molecular formula is C15H20ClFN2O2. The molecule has 1 aromatic rings. The minimum atomic E-state index is -0.467. The van der Waals surface area contributed by atoms with E-state index >= 15 is 0 Å². The maximum absolute atomic E-state index is 13.0. The van der Waals surface area contributed by atoms with Crippen LogP contribution in [0.3, 0.4) is 0 Å². The van der Waals surface area contributed by atoms with Gasteiger partial charge in [0.25, 0.3) is 0 Å². The number of hydrogen-bond donors (Lipinski definition) is 2. The first-order chi connectivity index (χ1) is 9.88. The lowest BCUT2D eigenvalue weighted by molar-refractivity contribution is 0.113. The Morgan fingerprint density at radius 1 is 1.57 bits per heavy atom. The SMILES string of the molecule is C[C@@H](NC(=O)N(C)C[C@@H](O)C1CC1)c1ccc(F)cc1Cl. The van der Waals surface area contributed by atoms with E-state index in [1.165, 1.54) is 17.0 Å². The Bertz CT molecular complexity index is 522. The number of carbonyl (C=O) groups is 1. The maximum Gasteiger partial charge on any atom is 0.317 e. The summed E-state index contributed by atoms with van der Waals surface area (Å²) in [6.45, 7) is 2.09. The number of hydrogen-bond acceptors (Lipinski definition) is 2. The van der Waals surface area contributed by atoms with Crippen LogP contribution >= 0.6 is 11.6 Å². The summed E-state index contributed by atoms with van der Waals surface area (Å²) < 4.78 is 13.0. The number of nitrogens with zero attached hydrogens (tertiary/aromatic N) is 1. The Morgan fingerprint density at radius 3 is 2.81 bits per heavy atom. The highest BCUT2D eigenvalue weighted by atomic mass is 35.5. The fourth-order valence-electron chi connectivity index (χ4n) is 2.22. The molecule has 2 amide bonds. The molecule has 0 heterocycles. The van der Waals surface area contributed by atoms with E-state index in [-0.39, 0.29) is 17.1 Å². The summed E-state index contributed by atoms with van der Waals surface area (Å²) in [6.07, 6.45) is 1.58. The first-order valence-corrected chi connectivity index (χ1v) is 7.41. The summed E-state index contributed by atoms with van der Waals surface area (Å²) in [4.78, 5) is 13.5. The maximum atomic E-state index is 13.0. The number of aliphatic hydroxyl groups excluding tert-OH is 1. The largest absolute Gasteiger partial charge is 0.391 e. The van der Waals surface area contributed by atoms with Crippen LogP contribution in [-0.2, 0) is 0 Å². The monoisotopic (exact) mass is 314 g/mol. The lowest BCUT2D eigenvalue weighted by atomic mass is 10.1. The van der Waals surface area contributed by atoms with Crippen LogP contribution < -0.4 is 5.32 Å². The number of urea groups is 1. The van der Waals surface area contributed by atoms with Gasteiger partial charge in [-0.15, -0.1) is 0 Å². The molecule has 0 bridgehead atoms. The molecule has 1 saturated carbocycles. The minimum Gasteiger partial charge on any atom is -0.391 e. The van der Waals surface area contributed by atoms with Crippen molar-refractivity contribution in [1.29, 1.82) is 0 Å². The van der Waals surface area contributed by atoms with Crippen LogP contribution in [0.25, 0.3) is 0 Å². The fourth-order valence-corrected chi connectivity index (χ4v) is 2.55. The zero-order valence-electron chi connectivity index (χ0n) is 12.1. The summed E-state index contributed by atoms with van der Waals surface area (Å²) in [6, 6.07) is 3.46. The Labute approximate surface area is 128 Å². The normalized spacial score (nSPS) is 17.2. The number of rotatable bonds is 5. The number of halogens is 2. The Kier molecular flexibility index (Phi) is 5.06. The smallest absolute Gasteiger partial charge is 0.317 e. The molecule has 1 aliphatic carbocycles. The van der Waals surface area contributed by atoms with Gasteiger partial charge in [-0.1, -0.05) is 17.7 Å². The highest BCUT2D eigenvalue weighted by Gasteiger charge is 2.31. The van der Waals surface area contributed by atoms with Crippen molar-refractivity contribution in [3.8, 4) is 0 Å². The average Bonchev–Trinajstić information content (AvgIpc) is 3.22. The Balaban J connectivity index is 1.91. The lowest BCUT2D eigenvalue weighted by Crippen LogP contribution is -2.42. The number of aliphatic hydroxyl groups is 1. The number of amides is 2. The molecular weight excluding hydrogens is 295 g/mol. The molecule has 21 heavy (non-hydrogen) atoms. The second kappa shape index (κ2) is 6.62. The Morgan fingerprint density at radius 2 is 2.24 bits per heavy atom. The highest BCUT2D eigenvalue weighted by Crippen LogP contribution is 2.32. The fraction of sp³-hybridized carbons (Fsp3) is 0.533. The van der Waals surface area contributed by atoms with E-state index in [0.29, 0.717) is 18.0 Å². The third-order valence-corrected chi connectivity index (χ3v) is 4.07. The molecule has 0 spiro atoms. The first-order valence-electron chi connectivity index (χ1n) is 7.03. The lowest BCUT2D eigenvalue weighted by Gasteiger charge is -2.24. The van der Waals surface area contributed by atoms with Crippen molar-refractivity contribution in [2.24, 2.45) is 5.92 Å². The molecule has 1 fully saturated rings. The van der Waals surface area contributed by atoms with Gasteiger partial charge in [0, 0.05) is 18.6 Å². The van der Waals surface area contributed by atoms with Crippen LogP contribution in [0.4, 0.5) is 9.18 Å². The zero-order chi connectivity index (χ0) is 15.6. The molecule has 6 heteroatoms. The van der Waals surface area contributed by atoms with Crippen LogP contribution in [0, 0.1) is 11.7 Å². The molecule has 0 aromatic heterocycles. The predicted octanol–water partition coefficient (Wildman–Crippen LogP) is 2.95. The van der Waals surface area contributed by atoms with Gasteiger partial charge in [0.15, 0.2) is 0 Å². The van der Waals surface area contributed by atoms with Gasteiger partial charge in [-0.2, -0.15) is 0 Å². The molecule has 0 aliphatic heterocycles. The van der Waals surface area contributed by atoms with Crippen molar-refractivity contribution in [2.75, 3.05) is 13.6 Å². The van der Waals surface area contributed by atoms with Gasteiger partial charge in [0.2, 0.25) is 0 Å². The van der Waals surface area contributed by atoms with Crippen molar-refractivity contribution >= 4 is 17.6 Å². The number of nitrogens with one attached hydrogen (secondary N) is 1. The summed E-state index contributed by atoms with van der Waals surface area (Å²) in [5.41, 5.74) is 0.655. The average molecular weight is 315 g/mol. The van der Waals surface area contributed by atoms with E-state index in [0.717, 1.165) is 12.8 Å². The van der Waals surface area contributed by atoms with Crippen molar-refractivity contribution in [3.05, 3.63) is 34.6 Å². The topological polar surface area (TPSA) is 52.6 Å². The van der Waals surface area contributed by atoms with Crippen LogP contribution in [0.1, 0.15) is 31.4 Å². The van der Waals surface area contributed by atoms with E-state index in [4.69, 9.17) is 11.6 Å². The van der Waals surface area contributed by atoms with E-state index in [9.17, 15) is 14.3 Å². The minimum absolute atomic E-state index is 0.281. The Hall–Kier alpha value is -1.33. The van der Waals surface area contributed by atoms with E-state index in [1.54, 1.807) is 20.0 Å². The van der Waals surface area contributed by atoms with Crippen LogP contribution in [0.5, 0.6) is 0 Å². The second-order valence-corrected chi connectivity index (χ2v) is 6.03. The molecule has 4 nitrogen and oxygen atoms in total. The summed E-state index contributed by atoms with van der Waals surface area (Å²) in [7, 11) is 1.64. The van der Waals surface area contributed by atoms with Gasteiger partial charge in [-0.3, -0.25) is 0 Å². The zero-order valence-corrected chi connectivity index (χ0v) is 12.9. The quantitative estimate of drug-likeness (QED) is 0.878. The molecule has 2 atom stereocenters. The molecule has 2 N–H and O–H groups in total. The van der Waals surface area contributed by atoms with Gasteiger partial charge < -0.3 is 15.3 Å². The van der Waals surface area contributed by atoms with Crippen molar-refractivity contribution in [2.45, 2.75) is 31.9 Å². The molecule has 116 valence electrons. The van der Waals surface area contributed by atoms with E-state index < -0.39 is 11.9 Å². The van der Waals surface area contributed by atoms with Gasteiger partial charge in [0.05, 0.1) is 12.1 Å². The summed E-state index contributed by atoms with van der Waals surface area (Å²) in [5.74, 6) is -0.0869. The number of benzene rings is 1. The van der Waals surface area contributed by atoms with Crippen LogP contribution in [-0.4, -0.2) is 35.7 Å². The van der Waals surface area contributed by atoms with Gasteiger partial charge in [-0.25, -0.2) is 9.18 Å². The molecule has 0 radical (unpaired) electrons. The number of carbonyl (C=O) groups excluding carboxylic acids is 1. The van der Waals surface area contributed by atoms with Gasteiger partial charge >= 0.3 is 6.03 Å². The van der Waals surface area contributed by atoms with E-state index in [2.05, 4.69) is 5.32 Å². The molecule has 1 aromatic carbocycles. The van der Waals surface area contributed by atoms with Crippen LogP contribution in [0.2, 0.25) is 5.02 Å².